The van der Waals surface area contributed by atoms with Gasteiger partial charge in [0.15, 0.2) is 5.78 Å². The first kappa shape index (κ1) is 15.7. The topological polar surface area (TPSA) is 55.1 Å². The van der Waals surface area contributed by atoms with Gasteiger partial charge in [0.2, 0.25) is 0 Å². The molecule has 1 saturated carbocycles. The molecule has 1 heterocycles. The van der Waals surface area contributed by atoms with Crippen LogP contribution in [0.25, 0.3) is 0 Å². The number of anilines is 2. The van der Waals surface area contributed by atoms with Crippen molar-refractivity contribution in [1.29, 1.82) is 0 Å². The summed E-state index contributed by atoms with van der Waals surface area (Å²) in [5.74, 6) is 0.847. The summed E-state index contributed by atoms with van der Waals surface area (Å²) in [6.45, 7) is 8.30. The Bertz CT molecular complexity index is 516. The summed E-state index contributed by atoms with van der Waals surface area (Å²) in [4.78, 5) is 14.0. The summed E-state index contributed by atoms with van der Waals surface area (Å²) in [7, 11) is 0. The first-order chi connectivity index (χ1) is 9.27. The summed E-state index contributed by atoms with van der Waals surface area (Å²) in [5, 5.41) is 4.67. The van der Waals surface area contributed by atoms with Crippen LogP contribution < -0.4 is 11.1 Å². The van der Waals surface area contributed by atoms with Crippen molar-refractivity contribution < 1.29 is 4.79 Å². The van der Waals surface area contributed by atoms with Crippen LogP contribution in [0.15, 0.2) is 4.90 Å². The van der Waals surface area contributed by atoms with Gasteiger partial charge in [-0.15, -0.1) is 23.1 Å². The van der Waals surface area contributed by atoms with Crippen LogP contribution in [0.4, 0.5) is 10.7 Å². The lowest BCUT2D eigenvalue weighted by Gasteiger charge is -2.27. The van der Waals surface area contributed by atoms with Gasteiger partial charge in [-0.2, -0.15) is 0 Å². The second-order valence-corrected chi connectivity index (χ2v) is 8.18. The predicted molar refractivity (Wildman–Crippen MR) is 90.1 cm³/mol. The zero-order chi connectivity index (χ0) is 15.1. The summed E-state index contributed by atoms with van der Waals surface area (Å²) >= 11 is 3.13. The highest BCUT2D eigenvalue weighted by Gasteiger charge is 2.38. The molecule has 1 aromatic heterocycles. The molecule has 1 aliphatic carbocycles. The number of rotatable bonds is 6. The molecule has 0 bridgehead atoms. The number of Topliss-reactive ketones (excluding diaryl/α,β-unsaturated/α-hetero) is 1. The lowest BCUT2D eigenvalue weighted by atomic mass is 9.99. The number of nitrogen functional groups attached to an aromatic ring is 1. The lowest BCUT2D eigenvalue weighted by Crippen LogP contribution is -2.33. The molecule has 0 radical (unpaired) electrons. The molecule has 3 nitrogen and oxygen atoms in total. The molecule has 0 saturated heterocycles. The summed E-state index contributed by atoms with van der Waals surface area (Å²) in [6, 6.07) is 0. The van der Waals surface area contributed by atoms with E-state index in [-0.39, 0.29) is 17.2 Å². The highest BCUT2D eigenvalue weighted by molar-refractivity contribution is 7.99. The molecular weight excluding hydrogens is 288 g/mol. The number of carbonyl (C=O) groups excluding carboxylic acids is 1. The summed E-state index contributed by atoms with van der Waals surface area (Å²) < 4.78 is 0. The Labute approximate surface area is 129 Å². The third-order valence-corrected chi connectivity index (χ3v) is 5.98. The molecule has 0 unspecified atom stereocenters. The zero-order valence-electron chi connectivity index (χ0n) is 12.9. The smallest absolute Gasteiger partial charge is 0.177 e. The average Bonchev–Trinajstić information content (AvgIpc) is 3.15. The average molecular weight is 313 g/mol. The van der Waals surface area contributed by atoms with Gasteiger partial charge >= 0.3 is 0 Å². The number of thioether (sulfide) groups is 1. The van der Waals surface area contributed by atoms with E-state index in [9.17, 15) is 4.79 Å². The van der Waals surface area contributed by atoms with Gasteiger partial charge in [0.05, 0.1) is 15.5 Å². The van der Waals surface area contributed by atoms with Gasteiger partial charge in [0.25, 0.3) is 0 Å². The van der Waals surface area contributed by atoms with Crippen LogP contribution in [0.5, 0.6) is 0 Å². The normalized spacial score (nSPS) is 15.7. The lowest BCUT2D eigenvalue weighted by molar-refractivity contribution is 0.0944. The van der Waals surface area contributed by atoms with Crippen LogP contribution in [0.2, 0.25) is 0 Å². The predicted octanol–water partition coefficient (Wildman–Crippen LogP) is 4.49. The van der Waals surface area contributed by atoms with Gasteiger partial charge in [-0.1, -0.05) is 13.8 Å². The van der Waals surface area contributed by atoms with Crippen molar-refractivity contribution in [3.8, 4) is 0 Å². The molecule has 0 spiro atoms. The fourth-order valence-electron chi connectivity index (χ4n) is 2.36. The number of nitrogens with two attached hydrogens (primary N) is 1. The van der Waals surface area contributed by atoms with Crippen LogP contribution >= 0.6 is 23.1 Å². The van der Waals surface area contributed by atoms with Gasteiger partial charge < -0.3 is 11.1 Å². The molecule has 1 fully saturated rings. The Balaban J connectivity index is 2.33. The maximum Gasteiger partial charge on any atom is 0.177 e. The Morgan fingerprint density at radius 2 is 2.05 bits per heavy atom. The van der Waals surface area contributed by atoms with Crippen molar-refractivity contribution in [3.63, 3.8) is 0 Å². The van der Waals surface area contributed by atoms with E-state index in [1.807, 2.05) is 20.1 Å². The number of carbonyl (C=O) groups is 1. The highest BCUT2D eigenvalue weighted by atomic mass is 32.2. The van der Waals surface area contributed by atoms with Crippen molar-refractivity contribution in [1.82, 2.24) is 0 Å². The standard InChI is InChI=1S/C15H24N2OS2/c1-8(2)11(18)12-10(16)13(19-5)14(20-12)17-15(3,4)9-6-7-9/h8-9,17H,6-7,16H2,1-5H3. The van der Waals surface area contributed by atoms with E-state index in [1.165, 1.54) is 24.2 Å². The van der Waals surface area contributed by atoms with E-state index < -0.39 is 0 Å². The second-order valence-electron chi connectivity index (χ2n) is 6.35. The zero-order valence-corrected chi connectivity index (χ0v) is 14.5. The van der Waals surface area contributed by atoms with Crippen LogP contribution in [0.1, 0.15) is 50.2 Å². The van der Waals surface area contributed by atoms with Crippen LogP contribution in [-0.2, 0) is 0 Å². The molecule has 0 amide bonds. The molecule has 0 aromatic carbocycles. The number of nitrogens with one attached hydrogen (secondary N) is 1. The largest absolute Gasteiger partial charge is 0.396 e. The number of hydrogen-bond acceptors (Lipinski definition) is 5. The maximum atomic E-state index is 12.3. The highest BCUT2D eigenvalue weighted by Crippen LogP contribution is 2.47. The molecule has 1 aromatic rings. The van der Waals surface area contributed by atoms with Gasteiger partial charge in [-0.25, -0.2) is 0 Å². The van der Waals surface area contributed by atoms with E-state index >= 15 is 0 Å². The van der Waals surface area contributed by atoms with Crippen molar-refractivity contribution >= 4 is 39.6 Å². The molecule has 1 aliphatic rings. The van der Waals surface area contributed by atoms with Gasteiger partial charge in [-0.3, -0.25) is 4.79 Å². The molecule has 20 heavy (non-hydrogen) atoms. The first-order valence-corrected chi connectivity index (χ1v) is 9.10. The van der Waals surface area contributed by atoms with E-state index in [1.54, 1.807) is 11.8 Å². The molecular formula is C15H24N2OS2. The van der Waals surface area contributed by atoms with Gasteiger partial charge in [0.1, 0.15) is 5.00 Å². The van der Waals surface area contributed by atoms with Crippen LogP contribution in [-0.4, -0.2) is 17.6 Å². The Hall–Kier alpha value is -0.680. The molecule has 2 rings (SSSR count). The second kappa shape index (κ2) is 5.60. The minimum atomic E-state index is -0.0186. The number of ketones is 1. The van der Waals surface area contributed by atoms with Crippen molar-refractivity contribution in [3.05, 3.63) is 4.88 Å². The minimum absolute atomic E-state index is 0.0186. The van der Waals surface area contributed by atoms with Crippen molar-refractivity contribution in [2.75, 3.05) is 17.3 Å². The molecule has 5 heteroatoms. The van der Waals surface area contributed by atoms with E-state index in [0.717, 1.165) is 15.8 Å². The van der Waals surface area contributed by atoms with E-state index in [2.05, 4.69) is 19.2 Å². The third kappa shape index (κ3) is 2.98. The molecule has 3 N–H and O–H groups in total. The Kier molecular flexibility index (Phi) is 4.40. The Morgan fingerprint density at radius 1 is 1.45 bits per heavy atom. The van der Waals surface area contributed by atoms with E-state index in [4.69, 9.17) is 5.73 Å². The fraction of sp³-hybridized carbons (Fsp3) is 0.667. The Morgan fingerprint density at radius 3 is 2.50 bits per heavy atom. The monoisotopic (exact) mass is 312 g/mol. The quantitative estimate of drug-likeness (QED) is 0.600. The minimum Gasteiger partial charge on any atom is -0.396 e. The molecule has 0 aliphatic heterocycles. The van der Waals surface area contributed by atoms with Crippen molar-refractivity contribution in [2.45, 2.75) is 51.0 Å². The molecule has 0 atom stereocenters. The SMILES string of the molecule is CSc1c(NC(C)(C)C2CC2)sc(C(=O)C(C)C)c1N. The van der Waals surface area contributed by atoms with Crippen LogP contribution in [0, 0.1) is 11.8 Å². The summed E-state index contributed by atoms with van der Waals surface area (Å²) in [6.07, 6.45) is 4.58. The van der Waals surface area contributed by atoms with Gasteiger partial charge in [-0.05, 0) is 38.9 Å². The maximum absolute atomic E-state index is 12.3. The van der Waals surface area contributed by atoms with E-state index in [0.29, 0.717) is 10.6 Å². The van der Waals surface area contributed by atoms with Crippen LogP contribution in [0.3, 0.4) is 0 Å². The van der Waals surface area contributed by atoms with Crippen molar-refractivity contribution in [2.24, 2.45) is 11.8 Å². The number of hydrogen-bond donors (Lipinski definition) is 2. The molecule has 112 valence electrons. The first-order valence-electron chi connectivity index (χ1n) is 7.06. The summed E-state index contributed by atoms with van der Waals surface area (Å²) in [5.41, 5.74) is 6.91. The third-order valence-electron chi connectivity index (χ3n) is 3.89. The van der Waals surface area contributed by atoms with Gasteiger partial charge in [0, 0.05) is 11.5 Å². The fourth-order valence-corrected chi connectivity index (χ4v) is 4.63. The number of thiophene rings is 1.